The molecular formula is C15H23N3O4S. The third kappa shape index (κ3) is 5.97. The van der Waals surface area contributed by atoms with Gasteiger partial charge < -0.3 is 15.4 Å². The van der Waals surface area contributed by atoms with Crippen LogP contribution in [0.2, 0.25) is 0 Å². The molecule has 0 saturated carbocycles. The molecule has 1 aromatic heterocycles. The zero-order valence-electron chi connectivity index (χ0n) is 14.1. The number of aryl methyl sites for hydroxylation is 1. The smallest absolute Gasteiger partial charge is 0.350 e. The molecule has 0 radical (unpaired) electrons. The van der Waals surface area contributed by atoms with Crippen LogP contribution in [-0.4, -0.2) is 35.9 Å². The molecule has 0 unspecified atom stereocenters. The predicted molar refractivity (Wildman–Crippen MR) is 88.5 cm³/mol. The summed E-state index contributed by atoms with van der Waals surface area (Å²) >= 11 is 1.07. The molecule has 2 amide bonds. The second kappa shape index (κ2) is 8.05. The lowest BCUT2D eigenvalue weighted by Crippen LogP contribution is -2.36. The molecule has 8 heteroatoms. The highest BCUT2D eigenvalue weighted by molar-refractivity contribution is 7.17. The molecule has 0 aliphatic heterocycles. The number of nitrogens with zero attached hydrogens (tertiary/aromatic N) is 1. The Hall–Kier alpha value is -1.96. The highest BCUT2D eigenvalue weighted by atomic mass is 32.1. The Kier molecular flexibility index (Phi) is 6.68. The molecule has 1 heterocycles. The monoisotopic (exact) mass is 341 g/mol. The van der Waals surface area contributed by atoms with Crippen molar-refractivity contribution in [1.82, 2.24) is 10.3 Å². The first kappa shape index (κ1) is 19.1. The molecule has 0 saturated heterocycles. The quantitative estimate of drug-likeness (QED) is 0.773. The van der Waals surface area contributed by atoms with Crippen LogP contribution in [0.5, 0.6) is 0 Å². The minimum atomic E-state index is -0.489. The van der Waals surface area contributed by atoms with E-state index in [-0.39, 0.29) is 31.4 Å². The molecule has 0 bridgehead atoms. The van der Waals surface area contributed by atoms with E-state index in [0.29, 0.717) is 15.7 Å². The van der Waals surface area contributed by atoms with Gasteiger partial charge in [-0.15, -0.1) is 0 Å². The van der Waals surface area contributed by atoms with Crippen molar-refractivity contribution in [2.45, 2.75) is 41.0 Å². The molecule has 7 nitrogen and oxygen atoms in total. The maximum absolute atomic E-state index is 11.8. The maximum Gasteiger partial charge on any atom is 0.350 e. The van der Waals surface area contributed by atoms with Gasteiger partial charge in [-0.05, 0) is 13.8 Å². The summed E-state index contributed by atoms with van der Waals surface area (Å²) in [4.78, 5) is 39.7. The number of rotatable bonds is 6. The molecule has 0 aliphatic rings. The van der Waals surface area contributed by atoms with Gasteiger partial charge in [0.05, 0.1) is 12.3 Å². The van der Waals surface area contributed by atoms with E-state index in [2.05, 4.69) is 15.6 Å². The minimum absolute atomic E-state index is 0.111. The Morgan fingerprint density at radius 1 is 1.26 bits per heavy atom. The van der Waals surface area contributed by atoms with Gasteiger partial charge in [0.1, 0.15) is 4.88 Å². The number of aromatic nitrogens is 1. The van der Waals surface area contributed by atoms with Crippen molar-refractivity contribution in [2.75, 3.05) is 18.5 Å². The van der Waals surface area contributed by atoms with Gasteiger partial charge in [-0.25, -0.2) is 9.78 Å². The first-order valence-electron chi connectivity index (χ1n) is 7.37. The fourth-order valence-corrected chi connectivity index (χ4v) is 2.45. The van der Waals surface area contributed by atoms with Crippen LogP contribution < -0.4 is 10.6 Å². The maximum atomic E-state index is 11.8. The first-order chi connectivity index (χ1) is 10.6. The number of nitrogens with one attached hydrogen (secondary N) is 2. The SMILES string of the molecule is CCOC(=O)c1sc(NC(=O)CCNC(=O)C(C)(C)C)nc1C. The summed E-state index contributed by atoms with van der Waals surface area (Å²) in [5.74, 6) is -0.830. The Bertz CT molecular complexity index is 590. The van der Waals surface area contributed by atoms with Crippen LogP contribution in [-0.2, 0) is 14.3 Å². The summed E-state index contributed by atoms with van der Waals surface area (Å²) in [6.45, 7) is 9.35. The van der Waals surface area contributed by atoms with E-state index >= 15 is 0 Å². The summed E-state index contributed by atoms with van der Waals surface area (Å²) in [6.07, 6.45) is 0.134. The lowest BCUT2D eigenvalue weighted by atomic mass is 9.96. The lowest BCUT2D eigenvalue weighted by molar-refractivity contribution is -0.128. The molecular weight excluding hydrogens is 318 g/mol. The van der Waals surface area contributed by atoms with Gasteiger partial charge in [0.25, 0.3) is 0 Å². The molecule has 128 valence electrons. The standard InChI is InChI=1S/C15H23N3O4S/c1-6-22-12(20)11-9(2)17-14(23-11)18-10(19)7-8-16-13(21)15(3,4)5/h6-8H2,1-5H3,(H,16,21)(H,17,18,19). The number of thiazole rings is 1. The topological polar surface area (TPSA) is 97.4 Å². The molecule has 2 N–H and O–H groups in total. The first-order valence-corrected chi connectivity index (χ1v) is 8.19. The van der Waals surface area contributed by atoms with E-state index in [1.807, 2.05) is 0 Å². The Balaban J connectivity index is 2.51. The summed E-state index contributed by atoms with van der Waals surface area (Å²) in [6, 6.07) is 0. The Morgan fingerprint density at radius 2 is 1.91 bits per heavy atom. The largest absolute Gasteiger partial charge is 0.462 e. The van der Waals surface area contributed by atoms with E-state index in [1.54, 1.807) is 34.6 Å². The number of carbonyl (C=O) groups excluding carboxylic acids is 3. The number of anilines is 1. The van der Waals surface area contributed by atoms with Crippen LogP contribution in [0.15, 0.2) is 0 Å². The molecule has 0 aliphatic carbocycles. The molecule has 0 fully saturated rings. The van der Waals surface area contributed by atoms with Crippen LogP contribution >= 0.6 is 11.3 Å². The van der Waals surface area contributed by atoms with Crippen LogP contribution in [0.1, 0.15) is 49.5 Å². The number of ether oxygens (including phenoxy) is 1. The molecule has 1 rings (SSSR count). The number of hydrogen-bond acceptors (Lipinski definition) is 6. The van der Waals surface area contributed by atoms with E-state index in [1.165, 1.54) is 0 Å². The van der Waals surface area contributed by atoms with Crippen molar-refractivity contribution >= 4 is 34.3 Å². The van der Waals surface area contributed by atoms with E-state index < -0.39 is 11.4 Å². The van der Waals surface area contributed by atoms with E-state index in [4.69, 9.17) is 4.74 Å². The average molecular weight is 341 g/mol. The van der Waals surface area contributed by atoms with Gasteiger partial charge in [-0.3, -0.25) is 9.59 Å². The average Bonchev–Trinajstić information content (AvgIpc) is 2.78. The molecule has 0 aromatic carbocycles. The molecule has 0 atom stereocenters. The minimum Gasteiger partial charge on any atom is -0.462 e. The number of carbonyl (C=O) groups is 3. The van der Waals surface area contributed by atoms with Crippen LogP contribution in [0, 0.1) is 12.3 Å². The number of esters is 1. The number of hydrogen-bond donors (Lipinski definition) is 2. The molecule has 1 aromatic rings. The third-order valence-electron chi connectivity index (χ3n) is 2.82. The van der Waals surface area contributed by atoms with Crippen LogP contribution in [0.4, 0.5) is 5.13 Å². The van der Waals surface area contributed by atoms with Gasteiger partial charge >= 0.3 is 5.97 Å². The van der Waals surface area contributed by atoms with Gasteiger partial charge in [-0.1, -0.05) is 32.1 Å². The van der Waals surface area contributed by atoms with Crippen molar-refractivity contribution in [2.24, 2.45) is 5.41 Å². The summed E-state index contributed by atoms with van der Waals surface area (Å²) in [5, 5.41) is 5.67. The van der Waals surface area contributed by atoms with Gasteiger partial charge in [0, 0.05) is 18.4 Å². The van der Waals surface area contributed by atoms with E-state index in [9.17, 15) is 14.4 Å². The zero-order chi connectivity index (χ0) is 17.6. The summed E-state index contributed by atoms with van der Waals surface area (Å²) in [7, 11) is 0. The second-order valence-corrected chi connectivity index (χ2v) is 6.96. The van der Waals surface area contributed by atoms with Crippen molar-refractivity contribution in [3.8, 4) is 0 Å². The fraction of sp³-hybridized carbons (Fsp3) is 0.600. The van der Waals surface area contributed by atoms with Crippen molar-refractivity contribution in [1.29, 1.82) is 0 Å². The predicted octanol–water partition coefficient (Wildman–Crippen LogP) is 2.12. The van der Waals surface area contributed by atoms with Gasteiger partial charge in [0.15, 0.2) is 5.13 Å². The summed E-state index contributed by atoms with van der Waals surface area (Å²) in [5.41, 5.74) is 0.0297. The highest BCUT2D eigenvalue weighted by Gasteiger charge is 2.21. The zero-order valence-corrected chi connectivity index (χ0v) is 14.9. The molecule has 0 spiro atoms. The van der Waals surface area contributed by atoms with Crippen molar-refractivity contribution in [3.63, 3.8) is 0 Å². The van der Waals surface area contributed by atoms with Crippen molar-refractivity contribution < 1.29 is 19.1 Å². The van der Waals surface area contributed by atoms with Crippen LogP contribution in [0.3, 0.4) is 0 Å². The van der Waals surface area contributed by atoms with Gasteiger partial charge in [0.2, 0.25) is 11.8 Å². The summed E-state index contributed by atoms with van der Waals surface area (Å²) < 4.78 is 4.92. The lowest BCUT2D eigenvalue weighted by Gasteiger charge is -2.17. The third-order valence-corrected chi connectivity index (χ3v) is 3.88. The van der Waals surface area contributed by atoms with Gasteiger partial charge in [-0.2, -0.15) is 0 Å². The Morgan fingerprint density at radius 3 is 2.48 bits per heavy atom. The second-order valence-electron chi connectivity index (χ2n) is 5.96. The number of amides is 2. The van der Waals surface area contributed by atoms with E-state index in [0.717, 1.165) is 11.3 Å². The Labute approximate surface area is 139 Å². The fourth-order valence-electron chi connectivity index (χ4n) is 1.57. The molecule has 23 heavy (non-hydrogen) atoms. The normalized spacial score (nSPS) is 11.0. The van der Waals surface area contributed by atoms with Crippen molar-refractivity contribution in [3.05, 3.63) is 10.6 Å². The highest BCUT2D eigenvalue weighted by Crippen LogP contribution is 2.23. The van der Waals surface area contributed by atoms with Crippen LogP contribution in [0.25, 0.3) is 0 Å².